The zero-order chi connectivity index (χ0) is 21.7. The molecule has 156 valence electrons. The number of hydrogen-bond acceptors (Lipinski definition) is 5. The predicted molar refractivity (Wildman–Crippen MR) is 111 cm³/mol. The fourth-order valence-corrected chi connectivity index (χ4v) is 3.25. The Morgan fingerprint density at radius 2 is 1.79 bits per heavy atom. The van der Waals surface area contributed by atoms with Crippen molar-refractivity contribution in [2.75, 3.05) is 20.7 Å². The predicted octanol–water partition coefficient (Wildman–Crippen LogP) is 2.87. The lowest BCUT2D eigenvalue weighted by Crippen LogP contribution is -2.36. The number of benzene rings is 1. The molecule has 7 heteroatoms. The fraction of sp³-hybridized carbons (Fsp3) is 0.409. The molecule has 0 saturated heterocycles. The number of likely N-dealkylation sites (N-methyl/N-ethyl adjacent to an activating group) is 1. The van der Waals surface area contributed by atoms with Crippen LogP contribution in [0.3, 0.4) is 0 Å². The van der Waals surface area contributed by atoms with Gasteiger partial charge in [0.25, 0.3) is 5.91 Å². The van der Waals surface area contributed by atoms with Gasteiger partial charge >= 0.3 is 5.97 Å². The molecular formula is C22H29N3O4. The van der Waals surface area contributed by atoms with Gasteiger partial charge in [-0.2, -0.15) is 0 Å². The number of hydrogen-bond donors (Lipinski definition) is 2. The van der Waals surface area contributed by atoms with E-state index in [-0.39, 0.29) is 18.3 Å². The molecule has 2 rings (SSSR count). The summed E-state index contributed by atoms with van der Waals surface area (Å²) in [7, 11) is 3.46. The van der Waals surface area contributed by atoms with E-state index in [2.05, 4.69) is 10.3 Å². The van der Waals surface area contributed by atoms with E-state index in [1.807, 2.05) is 31.0 Å². The Hall–Kier alpha value is -2.93. The van der Waals surface area contributed by atoms with Crippen molar-refractivity contribution in [3.63, 3.8) is 0 Å². The Kier molecular flexibility index (Phi) is 7.34. The Morgan fingerprint density at radius 3 is 2.34 bits per heavy atom. The van der Waals surface area contributed by atoms with Crippen molar-refractivity contribution in [1.29, 1.82) is 0 Å². The molecule has 0 spiro atoms. The van der Waals surface area contributed by atoms with Crippen molar-refractivity contribution in [2.45, 2.75) is 40.3 Å². The van der Waals surface area contributed by atoms with Crippen LogP contribution in [0.25, 0.3) is 0 Å². The Labute approximate surface area is 171 Å². The Balaban J connectivity index is 2.14. The van der Waals surface area contributed by atoms with Crippen molar-refractivity contribution < 1.29 is 19.1 Å². The number of carbonyl (C=O) groups excluding carboxylic acids is 3. The summed E-state index contributed by atoms with van der Waals surface area (Å²) in [5, 5.41) is 2.59. The van der Waals surface area contributed by atoms with Crippen molar-refractivity contribution >= 4 is 17.7 Å². The second-order valence-corrected chi connectivity index (χ2v) is 7.08. The normalized spacial score (nSPS) is 12.0. The summed E-state index contributed by atoms with van der Waals surface area (Å²) in [6, 6.07) is 6.87. The number of H-pyrrole nitrogens is 1. The maximum Gasteiger partial charge on any atom is 0.340 e. The van der Waals surface area contributed by atoms with Crippen LogP contribution in [-0.4, -0.2) is 54.3 Å². The number of amides is 1. The minimum absolute atomic E-state index is 0.0920. The molecule has 29 heavy (non-hydrogen) atoms. The maximum absolute atomic E-state index is 13.0. The molecule has 7 nitrogen and oxygen atoms in total. The fourth-order valence-electron chi connectivity index (χ4n) is 3.25. The van der Waals surface area contributed by atoms with Gasteiger partial charge in [-0.1, -0.05) is 12.1 Å². The molecule has 0 bridgehead atoms. The number of nitrogens with zero attached hydrogens (tertiary/aromatic N) is 1. The van der Waals surface area contributed by atoms with Crippen LogP contribution in [0.5, 0.6) is 0 Å². The maximum atomic E-state index is 13.0. The summed E-state index contributed by atoms with van der Waals surface area (Å²) < 4.78 is 5.10. The van der Waals surface area contributed by atoms with Crippen molar-refractivity contribution in [2.24, 2.45) is 0 Å². The van der Waals surface area contributed by atoms with E-state index in [4.69, 9.17) is 4.74 Å². The van der Waals surface area contributed by atoms with Gasteiger partial charge in [0.05, 0.1) is 23.9 Å². The second kappa shape index (κ2) is 9.52. The van der Waals surface area contributed by atoms with Crippen LogP contribution in [0.1, 0.15) is 61.9 Å². The SMILES string of the molecule is CCOC(=O)c1c(C)[nH]c(C(=O)[C@@H](C)N(C)Cc2ccc(C(=O)NC)cc2)c1C. The molecule has 1 heterocycles. The number of carbonyl (C=O) groups is 3. The first-order chi connectivity index (χ1) is 13.7. The van der Waals surface area contributed by atoms with Crippen LogP contribution in [-0.2, 0) is 11.3 Å². The van der Waals surface area contributed by atoms with E-state index in [9.17, 15) is 14.4 Å². The first-order valence-corrected chi connectivity index (χ1v) is 9.62. The molecule has 1 atom stereocenters. The molecule has 0 aliphatic carbocycles. The van der Waals surface area contributed by atoms with Crippen LogP contribution >= 0.6 is 0 Å². The molecule has 0 aliphatic heterocycles. The van der Waals surface area contributed by atoms with E-state index in [0.717, 1.165) is 5.56 Å². The van der Waals surface area contributed by atoms with Gasteiger partial charge in [0.2, 0.25) is 0 Å². The highest BCUT2D eigenvalue weighted by atomic mass is 16.5. The standard InChI is InChI=1S/C22H29N3O4/c1-7-29-22(28)18-13(2)19(24-14(18)3)20(26)15(4)25(6)12-16-8-10-17(11-9-16)21(27)23-5/h8-11,15,24H,7,12H2,1-6H3,(H,23,27)/t15-/m1/s1. The molecule has 0 saturated carbocycles. The van der Waals surface area contributed by atoms with Gasteiger partial charge in [-0.05, 0) is 58.0 Å². The first-order valence-electron chi connectivity index (χ1n) is 9.62. The lowest BCUT2D eigenvalue weighted by Gasteiger charge is -2.23. The third kappa shape index (κ3) is 4.92. The molecule has 2 N–H and O–H groups in total. The van der Waals surface area contributed by atoms with Gasteiger partial charge in [-0.15, -0.1) is 0 Å². The number of aromatic amines is 1. The molecule has 1 amide bonds. The number of nitrogens with one attached hydrogen (secondary N) is 2. The van der Waals surface area contributed by atoms with E-state index < -0.39 is 12.0 Å². The molecule has 0 aliphatic rings. The lowest BCUT2D eigenvalue weighted by atomic mass is 10.0. The number of rotatable bonds is 8. The zero-order valence-corrected chi connectivity index (χ0v) is 17.9. The minimum atomic E-state index is -0.421. The largest absolute Gasteiger partial charge is 0.462 e. The lowest BCUT2D eigenvalue weighted by molar-refractivity contribution is 0.0524. The number of Topliss-reactive ketones (excluding diaryl/α,β-unsaturated/α-hetero) is 1. The van der Waals surface area contributed by atoms with Gasteiger partial charge in [0.15, 0.2) is 5.78 Å². The first kappa shape index (κ1) is 22.4. The van der Waals surface area contributed by atoms with E-state index in [0.29, 0.717) is 34.6 Å². The van der Waals surface area contributed by atoms with Gasteiger partial charge in [0.1, 0.15) is 0 Å². The van der Waals surface area contributed by atoms with Crippen molar-refractivity contribution in [1.82, 2.24) is 15.2 Å². The average molecular weight is 399 g/mol. The van der Waals surface area contributed by atoms with Gasteiger partial charge in [-0.25, -0.2) is 4.79 Å². The minimum Gasteiger partial charge on any atom is -0.462 e. The highest BCUT2D eigenvalue weighted by Crippen LogP contribution is 2.22. The number of ketones is 1. The van der Waals surface area contributed by atoms with Crippen molar-refractivity contribution in [3.05, 3.63) is 57.9 Å². The molecule has 0 fully saturated rings. The summed E-state index contributed by atoms with van der Waals surface area (Å²) in [5.74, 6) is -0.649. The average Bonchev–Trinajstić information content (AvgIpc) is 3.00. The number of ether oxygens (including phenoxy) is 1. The Morgan fingerprint density at radius 1 is 1.17 bits per heavy atom. The number of aromatic nitrogens is 1. The molecule has 0 unspecified atom stereocenters. The topological polar surface area (TPSA) is 91.5 Å². The summed E-state index contributed by atoms with van der Waals surface area (Å²) in [6.45, 7) is 7.93. The summed E-state index contributed by atoms with van der Waals surface area (Å²) in [4.78, 5) is 41.9. The monoisotopic (exact) mass is 399 g/mol. The third-order valence-electron chi connectivity index (χ3n) is 5.08. The summed E-state index contributed by atoms with van der Waals surface area (Å²) in [5.41, 5.74) is 3.68. The van der Waals surface area contributed by atoms with Crippen LogP contribution < -0.4 is 5.32 Å². The Bertz CT molecular complexity index is 900. The second-order valence-electron chi connectivity index (χ2n) is 7.08. The molecule has 0 radical (unpaired) electrons. The quantitative estimate of drug-likeness (QED) is 0.526. The molecule has 1 aromatic heterocycles. The molecule has 1 aromatic carbocycles. The summed E-state index contributed by atoms with van der Waals surface area (Å²) >= 11 is 0. The van der Waals surface area contributed by atoms with Crippen LogP contribution in [0.15, 0.2) is 24.3 Å². The highest BCUT2D eigenvalue weighted by molar-refractivity contribution is 6.03. The zero-order valence-electron chi connectivity index (χ0n) is 17.9. The third-order valence-corrected chi connectivity index (χ3v) is 5.08. The molecular weight excluding hydrogens is 370 g/mol. The van der Waals surface area contributed by atoms with E-state index >= 15 is 0 Å². The van der Waals surface area contributed by atoms with E-state index in [1.165, 1.54) is 0 Å². The number of aryl methyl sites for hydroxylation is 1. The van der Waals surface area contributed by atoms with Crippen LogP contribution in [0, 0.1) is 13.8 Å². The van der Waals surface area contributed by atoms with Gasteiger partial charge in [0, 0.05) is 24.8 Å². The molecule has 2 aromatic rings. The summed E-state index contributed by atoms with van der Waals surface area (Å²) in [6.07, 6.45) is 0. The van der Waals surface area contributed by atoms with Crippen LogP contribution in [0.4, 0.5) is 0 Å². The van der Waals surface area contributed by atoms with Crippen molar-refractivity contribution in [3.8, 4) is 0 Å². The van der Waals surface area contributed by atoms with Gasteiger partial charge in [-0.3, -0.25) is 14.5 Å². The van der Waals surface area contributed by atoms with E-state index in [1.54, 1.807) is 40.0 Å². The number of esters is 1. The smallest absolute Gasteiger partial charge is 0.340 e. The van der Waals surface area contributed by atoms with Gasteiger partial charge < -0.3 is 15.0 Å². The van der Waals surface area contributed by atoms with Crippen LogP contribution in [0.2, 0.25) is 0 Å². The highest BCUT2D eigenvalue weighted by Gasteiger charge is 2.27.